The molecule has 2 aromatic rings. The summed E-state index contributed by atoms with van der Waals surface area (Å²) in [5.74, 6) is 0.619. The molecule has 0 spiro atoms. The standard InChI is InChI=1S/C18H24ClN3O/c1-2-10-22-12-15(17-14(19)8-9-20-18(17)22)21-16(23)11-13-6-4-3-5-7-13/h8-9,12-13H,2-7,10-11H2,1H3,(H,21,23). The van der Waals surface area contributed by atoms with Gasteiger partial charge in [-0.2, -0.15) is 0 Å². The maximum Gasteiger partial charge on any atom is 0.224 e. The highest BCUT2D eigenvalue weighted by Crippen LogP contribution is 2.32. The smallest absolute Gasteiger partial charge is 0.224 e. The Hall–Kier alpha value is -1.55. The Kier molecular flexibility index (Phi) is 5.21. The summed E-state index contributed by atoms with van der Waals surface area (Å²) in [5.41, 5.74) is 1.62. The zero-order chi connectivity index (χ0) is 16.2. The van der Waals surface area contributed by atoms with Gasteiger partial charge in [-0.1, -0.05) is 37.8 Å². The summed E-state index contributed by atoms with van der Waals surface area (Å²) in [6.07, 6.45) is 11.5. The second-order valence-corrected chi connectivity index (χ2v) is 6.89. The quantitative estimate of drug-likeness (QED) is 0.836. The Morgan fingerprint density at radius 2 is 2.17 bits per heavy atom. The number of aryl methyl sites for hydroxylation is 1. The van der Waals surface area contributed by atoms with Crippen molar-refractivity contribution in [3.8, 4) is 0 Å². The number of nitrogens with one attached hydrogen (secondary N) is 1. The number of anilines is 1. The molecule has 2 aromatic heterocycles. The van der Waals surface area contributed by atoms with Crippen molar-refractivity contribution in [3.05, 3.63) is 23.5 Å². The predicted octanol–water partition coefficient (Wildman–Crippen LogP) is 5.01. The number of hydrogen-bond acceptors (Lipinski definition) is 2. The Balaban J connectivity index is 1.80. The first kappa shape index (κ1) is 16.3. The maximum atomic E-state index is 12.4. The van der Waals surface area contributed by atoms with E-state index in [4.69, 9.17) is 11.6 Å². The zero-order valence-corrected chi connectivity index (χ0v) is 14.4. The fraction of sp³-hybridized carbons (Fsp3) is 0.556. The van der Waals surface area contributed by atoms with Gasteiger partial charge in [-0.3, -0.25) is 4.79 Å². The van der Waals surface area contributed by atoms with Gasteiger partial charge in [-0.25, -0.2) is 4.98 Å². The van der Waals surface area contributed by atoms with Gasteiger partial charge in [0.25, 0.3) is 0 Å². The summed E-state index contributed by atoms with van der Waals surface area (Å²) >= 11 is 6.35. The normalized spacial score (nSPS) is 15.9. The van der Waals surface area contributed by atoms with Crippen LogP contribution in [-0.4, -0.2) is 15.5 Å². The molecule has 124 valence electrons. The van der Waals surface area contributed by atoms with Crippen LogP contribution >= 0.6 is 11.6 Å². The van der Waals surface area contributed by atoms with Gasteiger partial charge in [0.05, 0.1) is 16.1 Å². The van der Waals surface area contributed by atoms with E-state index in [-0.39, 0.29) is 5.91 Å². The third-order valence-electron chi connectivity index (χ3n) is 4.64. The van der Waals surface area contributed by atoms with E-state index in [0.29, 0.717) is 17.4 Å². The third-order valence-corrected chi connectivity index (χ3v) is 4.96. The van der Waals surface area contributed by atoms with Crippen molar-refractivity contribution in [2.45, 2.75) is 58.4 Å². The SMILES string of the molecule is CCCn1cc(NC(=O)CC2CCCCC2)c2c(Cl)ccnc21. The summed E-state index contributed by atoms with van der Waals surface area (Å²) in [7, 11) is 0. The molecule has 1 saturated carbocycles. The average Bonchev–Trinajstić information content (AvgIpc) is 2.88. The van der Waals surface area contributed by atoms with Crippen LogP contribution in [-0.2, 0) is 11.3 Å². The van der Waals surface area contributed by atoms with Crippen LogP contribution in [0.1, 0.15) is 51.9 Å². The number of hydrogen-bond donors (Lipinski definition) is 1. The van der Waals surface area contributed by atoms with Gasteiger partial charge in [-0.15, -0.1) is 0 Å². The Morgan fingerprint density at radius 3 is 2.91 bits per heavy atom. The molecule has 0 saturated heterocycles. The first-order chi connectivity index (χ1) is 11.2. The van der Waals surface area contributed by atoms with E-state index >= 15 is 0 Å². The lowest BCUT2D eigenvalue weighted by Crippen LogP contribution is -2.18. The van der Waals surface area contributed by atoms with E-state index in [1.807, 2.05) is 6.20 Å². The molecule has 1 amide bonds. The number of rotatable bonds is 5. The van der Waals surface area contributed by atoms with Gasteiger partial charge in [0.2, 0.25) is 5.91 Å². The highest BCUT2D eigenvalue weighted by molar-refractivity contribution is 6.36. The van der Waals surface area contributed by atoms with Crippen molar-refractivity contribution in [1.29, 1.82) is 0 Å². The van der Waals surface area contributed by atoms with Crippen LogP contribution in [0.2, 0.25) is 5.02 Å². The van der Waals surface area contributed by atoms with Gasteiger partial charge < -0.3 is 9.88 Å². The maximum absolute atomic E-state index is 12.4. The molecule has 4 nitrogen and oxygen atoms in total. The molecular weight excluding hydrogens is 310 g/mol. The molecule has 1 aliphatic rings. The lowest BCUT2D eigenvalue weighted by molar-refractivity contribution is -0.117. The van der Waals surface area contributed by atoms with Gasteiger partial charge in [0.15, 0.2) is 0 Å². The van der Waals surface area contributed by atoms with E-state index in [9.17, 15) is 4.79 Å². The summed E-state index contributed by atoms with van der Waals surface area (Å²) in [4.78, 5) is 16.9. The Bertz CT molecular complexity index is 689. The fourth-order valence-electron chi connectivity index (χ4n) is 3.54. The second-order valence-electron chi connectivity index (χ2n) is 6.48. The number of amides is 1. The number of carbonyl (C=O) groups is 1. The third kappa shape index (κ3) is 3.69. The number of carbonyl (C=O) groups excluding carboxylic acids is 1. The minimum absolute atomic E-state index is 0.0902. The van der Waals surface area contributed by atoms with E-state index in [2.05, 4.69) is 21.8 Å². The molecule has 0 aromatic carbocycles. The average molecular weight is 334 g/mol. The fourth-order valence-corrected chi connectivity index (χ4v) is 3.78. The van der Waals surface area contributed by atoms with Crippen molar-refractivity contribution in [2.75, 3.05) is 5.32 Å². The Morgan fingerprint density at radius 1 is 1.39 bits per heavy atom. The van der Waals surface area contributed by atoms with Crippen LogP contribution in [0.25, 0.3) is 11.0 Å². The summed E-state index contributed by atoms with van der Waals surface area (Å²) < 4.78 is 2.07. The van der Waals surface area contributed by atoms with Gasteiger partial charge in [0, 0.05) is 25.4 Å². The van der Waals surface area contributed by atoms with Crippen molar-refractivity contribution >= 4 is 34.2 Å². The molecule has 0 atom stereocenters. The number of nitrogens with zero attached hydrogens (tertiary/aromatic N) is 2. The molecule has 5 heteroatoms. The minimum atomic E-state index is 0.0902. The number of fused-ring (bicyclic) bond motifs is 1. The molecular formula is C18H24ClN3O. The van der Waals surface area contributed by atoms with E-state index in [0.717, 1.165) is 29.7 Å². The Labute approximate surface area is 142 Å². The summed E-state index contributed by atoms with van der Waals surface area (Å²) in [5, 5.41) is 4.55. The second kappa shape index (κ2) is 7.35. The van der Waals surface area contributed by atoms with E-state index in [1.54, 1.807) is 12.3 Å². The largest absolute Gasteiger partial charge is 0.330 e. The summed E-state index contributed by atoms with van der Waals surface area (Å²) in [6, 6.07) is 1.77. The topological polar surface area (TPSA) is 46.9 Å². The zero-order valence-electron chi connectivity index (χ0n) is 13.6. The van der Waals surface area contributed by atoms with Gasteiger partial charge >= 0.3 is 0 Å². The predicted molar refractivity (Wildman–Crippen MR) is 94.9 cm³/mol. The lowest BCUT2D eigenvalue weighted by atomic mass is 9.87. The number of aromatic nitrogens is 2. The van der Waals surface area contributed by atoms with Crippen molar-refractivity contribution in [1.82, 2.24) is 9.55 Å². The van der Waals surface area contributed by atoms with E-state index in [1.165, 1.54) is 32.1 Å². The van der Waals surface area contributed by atoms with Crippen LogP contribution in [0.5, 0.6) is 0 Å². The van der Waals surface area contributed by atoms with Crippen LogP contribution < -0.4 is 5.32 Å². The van der Waals surface area contributed by atoms with Crippen molar-refractivity contribution < 1.29 is 4.79 Å². The number of pyridine rings is 1. The lowest BCUT2D eigenvalue weighted by Gasteiger charge is -2.20. The van der Waals surface area contributed by atoms with Crippen molar-refractivity contribution in [2.24, 2.45) is 5.92 Å². The van der Waals surface area contributed by atoms with Gasteiger partial charge in [-0.05, 0) is 31.2 Å². The molecule has 0 radical (unpaired) electrons. The van der Waals surface area contributed by atoms with Crippen LogP contribution in [0.3, 0.4) is 0 Å². The molecule has 3 rings (SSSR count). The molecule has 0 bridgehead atoms. The van der Waals surface area contributed by atoms with Crippen LogP contribution in [0.15, 0.2) is 18.5 Å². The molecule has 2 heterocycles. The highest BCUT2D eigenvalue weighted by atomic mass is 35.5. The minimum Gasteiger partial charge on any atom is -0.330 e. The molecule has 1 N–H and O–H groups in total. The van der Waals surface area contributed by atoms with Gasteiger partial charge in [0.1, 0.15) is 5.65 Å². The first-order valence-corrected chi connectivity index (χ1v) is 9.00. The molecule has 1 aliphatic carbocycles. The number of halogens is 1. The van der Waals surface area contributed by atoms with Crippen LogP contribution in [0, 0.1) is 5.92 Å². The monoisotopic (exact) mass is 333 g/mol. The highest BCUT2D eigenvalue weighted by Gasteiger charge is 2.19. The molecule has 1 fully saturated rings. The molecule has 0 unspecified atom stereocenters. The first-order valence-electron chi connectivity index (χ1n) is 8.62. The van der Waals surface area contributed by atoms with Crippen LogP contribution in [0.4, 0.5) is 5.69 Å². The van der Waals surface area contributed by atoms with E-state index < -0.39 is 0 Å². The molecule has 23 heavy (non-hydrogen) atoms. The van der Waals surface area contributed by atoms with Crippen molar-refractivity contribution in [3.63, 3.8) is 0 Å². The summed E-state index contributed by atoms with van der Waals surface area (Å²) in [6.45, 7) is 2.99. The molecule has 0 aliphatic heterocycles.